The van der Waals surface area contributed by atoms with Crippen molar-refractivity contribution < 1.29 is 34.3 Å². The fourth-order valence-electron chi connectivity index (χ4n) is 3.25. The van der Waals surface area contributed by atoms with Crippen molar-refractivity contribution in [3.63, 3.8) is 0 Å². The normalized spacial score (nSPS) is 27.1. The monoisotopic (exact) mass is 400 g/mol. The van der Waals surface area contributed by atoms with Crippen LogP contribution in [0.3, 0.4) is 0 Å². The first-order chi connectivity index (χ1) is 14.0. The van der Waals surface area contributed by atoms with E-state index in [9.17, 15) is 25.2 Å². The van der Waals surface area contributed by atoms with Crippen LogP contribution in [0, 0.1) is 0 Å². The van der Waals surface area contributed by atoms with Crippen LogP contribution in [0.15, 0.2) is 63.8 Å². The highest BCUT2D eigenvalue weighted by Crippen LogP contribution is 2.28. The maximum Gasteiger partial charge on any atom is 0.229 e. The molecule has 8 heteroatoms. The molecule has 4 rings (SSSR count). The molecule has 1 aliphatic heterocycles. The molecule has 2 heterocycles. The van der Waals surface area contributed by atoms with Crippen molar-refractivity contribution in [2.75, 3.05) is 6.61 Å². The second kappa shape index (κ2) is 7.94. The van der Waals surface area contributed by atoms with Gasteiger partial charge in [0, 0.05) is 17.7 Å². The molecule has 0 amide bonds. The van der Waals surface area contributed by atoms with Gasteiger partial charge in [0.25, 0.3) is 0 Å². The zero-order valence-electron chi connectivity index (χ0n) is 15.2. The lowest BCUT2D eigenvalue weighted by Crippen LogP contribution is -2.60. The molecule has 2 aromatic carbocycles. The van der Waals surface area contributed by atoms with Gasteiger partial charge in [0.05, 0.1) is 12.0 Å². The summed E-state index contributed by atoms with van der Waals surface area (Å²) in [4.78, 5) is 12.4. The molecule has 1 aromatic heterocycles. The number of hydrogen-bond donors (Lipinski definition) is 4. The van der Waals surface area contributed by atoms with E-state index < -0.39 is 37.3 Å². The minimum absolute atomic E-state index is 0.218. The van der Waals surface area contributed by atoms with E-state index in [-0.39, 0.29) is 16.8 Å². The number of aliphatic hydroxyl groups excluding tert-OH is 4. The lowest BCUT2D eigenvalue weighted by molar-refractivity contribution is -0.277. The Balaban J connectivity index is 1.66. The molecule has 3 aromatic rings. The molecule has 8 nitrogen and oxygen atoms in total. The number of rotatable bonds is 4. The molecule has 0 aliphatic carbocycles. The standard InChI is InChI=1S/C21H20O8/c22-10-17-18(24)19(25)20(26)21(29-17)27-12-6-7-13-14(23)9-15(28-16(13)8-12)11-4-2-1-3-5-11/h1-9,17-22,24-26H,10H2/t17-,18-,19-,20+,21+/m1/s1. The molecule has 1 fully saturated rings. The molecule has 29 heavy (non-hydrogen) atoms. The van der Waals surface area contributed by atoms with Crippen molar-refractivity contribution in [3.05, 3.63) is 64.8 Å². The van der Waals surface area contributed by atoms with Crippen molar-refractivity contribution >= 4 is 11.0 Å². The van der Waals surface area contributed by atoms with Gasteiger partial charge >= 0.3 is 0 Å². The molecule has 152 valence electrons. The summed E-state index contributed by atoms with van der Waals surface area (Å²) in [5.74, 6) is 0.614. The van der Waals surface area contributed by atoms with Gasteiger partial charge in [-0.05, 0) is 12.1 Å². The largest absolute Gasteiger partial charge is 0.462 e. The van der Waals surface area contributed by atoms with Gasteiger partial charge in [0.15, 0.2) is 5.43 Å². The fraction of sp³-hybridized carbons (Fsp3) is 0.286. The van der Waals surface area contributed by atoms with Gasteiger partial charge in [-0.1, -0.05) is 30.3 Å². The Hall–Kier alpha value is -2.75. The van der Waals surface area contributed by atoms with E-state index in [4.69, 9.17) is 13.9 Å². The smallest absolute Gasteiger partial charge is 0.229 e. The van der Waals surface area contributed by atoms with Crippen molar-refractivity contribution in [1.82, 2.24) is 0 Å². The lowest BCUT2D eigenvalue weighted by atomic mass is 9.99. The Kier molecular flexibility index (Phi) is 5.35. The number of hydrogen-bond acceptors (Lipinski definition) is 8. The molecular weight excluding hydrogens is 380 g/mol. The van der Waals surface area contributed by atoms with Gasteiger partial charge in [-0.15, -0.1) is 0 Å². The van der Waals surface area contributed by atoms with Gasteiger partial charge in [0.2, 0.25) is 6.29 Å². The van der Waals surface area contributed by atoms with Crippen LogP contribution in [0.5, 0.6) is 5.75 Å². The minimum Gasteiger partial charge on any atom is -0.462 e. The highest BCUT2D eigenvalue weighted by molar-refractivity contribution is 5.80. The Morgan fingerprint density at radius 3 is 2.41 bits per heavy atom. The predicted molar refractivity (Wildman–Crippen MR) is 102 cm³/mol. The Morgan fingerprint density at radius 2 is 1.69 bits per heavy atom. The van der Waals surface area contributed by atoms with E-state index in [0.29, 0.717) is 11.1 Å². The van der Waals surface area contributed by atoms with E-state index in [1.807, 2.05) is 30.3 Å². The highest BCUT2D eigenvalue weighted by Gasteiger charge is 2.44. The van der Waals surface area contributed by atoms with E-state index in [1.165, 1.54) is 24.3 Å². The van der Waals surface area contributed by atoms with Crippen molar-refractivity contribution in [1.29, 1.82) is 0 Å². The molecule has 0 unspecified atom stereocenters. The van der Waals surface area contributed by atoms with Gasteiger partial charge in [-0.3, -0.25) is 4.79 Å². The maximum absolute atomic E-state index is 12.4. The lowest BCUT2D eigenvalue weighted by Gasteiger charge is -2.39. The maximum atomic E-state index is 12.4. The average molecular weight is 400 g/mol. The molecule has 0 saturated carbocycles. The van der Waals surface area contributed by atoms with Crippen molar-refractivity contribution in [2.45, 2.75) is 30.7 Å². The molecular formula is C21H20O8. The summed E-state index contributed by atoms with van der Waals surface area (Å²) in [6.45, 7) is -0.558. The third-order valence-corrected chi connectivity index (χ3v) is 4.86. The number of ether oxygens (including phenoxy) is 2. The Labute approximate surface area is 165 Å². The third kappa shape index (κ3) is 3.76. The van der Waals surface area contributed by atoms with Gasteiger partial charge < -0.3 is 34.3 Å². The van der Waals surface area contributed by atoms with Crippen molar-refractivity contribution in [3.8, 4) is 17.1 Å². The molecule has 0 spiro atoms. The topological polar surface area (TPSA) is 130 Å². The summed E-state index contributed by atoms with van der Waals surface area (Å²) in [7, 11) is 0. The summed E-state index contributed by atoms with van der Waals surface area (Å²) in [6.07, 6.45) is -6.97. The van der Waals surface area contributed by atoms with Gasteiger partial charge in [-0.25, -0.2) is 0 Å². The van der Waals surface area contributed by atoms with Crippen LogP contribution < -0.4 is 10.2 Å². The van der Waals surface area contributed by atoms with Crippen LogP contribution in [-0.2, 0) is 4.74 Å². The Bertz CT molecular complexity index is 1050. The van der Waals surface area contributed by atoms with E-state index >= 15 is 0 Å². The van der Waals surface area contributed by atoms with E-state index in [2.05, 4.69) is 0 Å². The predicted octanol–water partition coefficient (Wildman–Crippen LogP) is 0.639. The second-order valence-corrected chi connectivity index (χ2v) is 6.81. The number of benzene rings is 2. The van der Waals surface area contributed by atoms with Gasteiger partial charge in [0.1, 0.15) is 41.5 Å². The van der Waals surface area contributed by atoms with Crippen LogP contribution in [0.1, 0.15) is 0 Å². The second-order valence-electron chi connectivity index (χ2n) is 6.81. The van der Waals surface area contributed by atoms with E-state index in [0.717, 1.165) is 5.56 Å². The summed E-state index contributed by atoms with van der Waals surface area (Å²) in [5.41, 5.74) is 0.801. The third-order valence-electron chi connectivity index (χ3n) is 4.86. The average Bonchev–Trinajstić information content (AvgIpc) is 2.74. The first-order valence-electron chi connectivity index (χ1n) is 9.08. The molecule has 1 aliphatic rings. The molecule has 1 saturated heterocycles. The summed E-state index contributed by atoms with van der Waals surface area (Å²) >= 11 is 0. The van der Waals surface area contributed by atoms with Crippen LogP contribution in [0.25, 0.3) is 22.3 Å². The minimum atomic E-state index is -1.55. The first-order valence-corrected chi connectivity index (χ1v) is 9.08. The first kappa shape index (κ1) is 19.6. The Morgan fingerprint density at radius 1 is 0.931 bits per heavy atom. The molecule has 0 bridgehead atoms. The highest BCUT2D eigenvalue weighted by atomic mass is 16.7. The zero-order chi connectivity index (χ0) is 20.5. The van der Waals surface area contributed by atoms with E-state index in [1.54, 1.807) is 0 Å². The molecule has 0 radical (unpaired) electrons. The zero-order valence-corrected chi connectivity index (χ0v) is 15.2. The number of fused-ring (bicyclic) bond motifs is 1. The summed E-state index contributed by atoms with van der Waals surface area (Å²) < 4.78 is 16.8. The molecule has 4 N–H and O–H groups in total. The molecule has 5 atom stereocenters. The fourth-order valence-corrected chi connectivity index (χ4v) is 3.25. The SMILES string of the molecule is O=c1cc(-c2ccccc2)oc2cc(O[C@H]3O[C@H](CO)[C@@H](O)[C@@H](O)[C@@H]3O)ccc12. The summed E-state index contributed by atoms with van der Waals surface area (Å²) in [6, 6.07) is 15.1. The van der Waals surface area contributed by atoms with Gasteiger partial charge in [-0.2, -0.15) is 0 Å². The quantitative estimate of drug-likeness (QED) is 0.502. The number of aliphatic hydroxyl groups is 4. The van der Waals surface area contributed by atoms with Crippen LogP contribution >= 0.6 is 0 Å². The van der Waals surface area contributed by atoms with Crippen molar-refractivity contribution in [2.24, 2.45) is 0 Å². The van der Waals surface area contributed by atoms with Crippen LogP contribution in [-0.4, -0.2) is 57.7 Å². The van der Waals surface area contributed by atoms with Crippen LogP contribution in [0.2, 0.25) is 0 Å². The summed E-state index contributed by atoms with van der Waals surface area (Å²) in [5, 5.41) is 39.5. The van der Waals surface area contributed by atoms with Crippen LogP contribution in [0.4, 0.5) is 0 Å².